The predicted octanol–water partition coefficient (Wildman–Crippen LogP) is 2.58. The van der Waals surface area contributed by atoms with E-state index in [9.17, 15) is 22.5 Å². The van der Waals surface area contributed by atoms with Crippen LogP contribution in [0.25, 0.3) is 0 Å². The van der Waals surface area contributed by atoms with Crippen molar-refractivity contribution >= 4 is 22.8 Å². The van der Waals surface area contributed by atoms with E-state index in [0.29, 0.717) is 5.69 Å². The summed E-state index contributed by atoms with van der Waals surface area (Å²) in [5.41, 5.74) is -4.19. The molecule has 0 aliphatic heterocycles. The standard InChI is InChI=1S/C10H10F3NO2S/c1-6-5-8(14-7(2)15)3-4-9(6)17(16)10(11,12)13/h3-5H,1-2H3,(H,14,15). The van der Waals surface area contributed by atoms with Crippen LogP contribution in [0.5, 0.6) is 0 Å². The van der Waals surface area contributed by atoms with E-state index in [1.165, 1.54) is 26.0 Å². The van der Waals surface area contributed by atoms with Gasteiger partial charge in [0.05, 0.1) is 11.2 Å². The molecule has 1 atom stereocenters. The first kappa shape index (κ1) is 13.9. The fourth-order valence-electron chi connectivity index (χ4n) is 1.26. The summed E-state index contributed by atoms with van der Waals surface area (Å²) >= 11 is -3.05. The number of rotatable bonds is 2. The number of nitrogens with one attached hydrogen (secondary N) is 1. The lowest BCUT2D eigenvalue weighted by Crippen LogP contribution is -2.24. The second-order valence-electron chi connectivity index (χ2n) is 3.38. The molecule has 0 saturated carbocycles. The Morgan fingerprint density at radius 2 is 2.00 bits per heavy atom. The van der Waals surface area contributed by atoms with Gasteiger partial charge in [-0.3, -0.25) is 4.79 Å². The molecule has 0 heterocycles. The molecule has 0 bridgehead atoms. The van der Waals surface area contributed by atoms with Crippen molar-refractivity contribution in [2.75, 3.05) is 5.32 Å². The van der Waals surface area contributed by atoms with E-state index in [-0.39, 0.29) is 16.4 Å². The van der Waals surface area contributed by atoms with Gasteiger partial charge in [-0.25, -0.2) is 0 Å². The van der Waals surface area contributed by atoms with Gasteiger partial charge in [0, 0.05) is 18.2 Å². The maximum atomic E-state index is 12.3. The highest BCUT2D eigenvalue weighted by Gasteiger charge is 2.46. The number of benzene rings is 1. The molecule has 1 aromatic carbocycles. The van der Waals surface area contributed by atoms with Crippen LogP contribution < -0.4 is 5.32 Å². The summed E-state index contributed by atoms with van der Waals surface area (Å²) in [7, 11) is 0. The molecule has 1 amide bonds. The summed E-state index contributed by atoms with van der Waals surface area (Å²) < 4.78 is 47.9. The molecular weight excluding hydrogens is 255 g/mol. The van der Waals surface area contributed by atoms with Crippen LogP contribution in [0.4, 0.5) is 18.9 Å². The number of anilines is 1. The number of carbonyl (C=O) groups excluding carboxylic acids is 1. The van der Waals surface area contributed by atoms with Gasteiger partial charge in [0.2, 0.25) is 5.91 Å². The Morgan fingerprint density at radius 1 is 1.41 bits per heavy atom. The van der Waals surface area contributed by atoms with Crippen molar-refractivity contribution in [1.29, 1.82) is 0 Å². The fraction of sp³-hybridized carbons (Fsp3) is 0.300. The molecule has 0 radical (unpaired) electrons. The summed E-state index contributed by atoms with van der Waals surface area (Å²) in [5.74, 6) is -0.325. The number of carbonyl (C=O) groups is 1. The maximum Gasteiger partial charge on any atom is 0.578 e. The minimum atomic E-state index is -4.78. The van der Waals surface area contributed by atoms with E-state index in [2.05, 4.69) is 5.32 Å². The van der Waals surface area contributed by atoms with E-state index < -0.39 is 16.7 Å². The van der Waals surface area contributed by atoms with E-state index >= 15 is 0 Å². The van der Waals surface area contributed by atoms with E-state index in [1.54, 1.807) is 0 Å². The van der Waals surface area contributed by atoms with Crippen molar-refractivity contribution < 1.29 is 22.5 Å². The number of hydrogen-bond acceptors (Lipinski definition) is 2. The van der Waals surface area contributed by atoms with Crippen LogP contribution in [-0.4, -0.2) is 16.0 Å². The number of hydrogen-bond donors (Lipinski definition) is 1. The van der Waals surface area contributed by atoms with Gasteiger partial charge in [-0.05, 0) is 25.1 Å². The number of alkyl halides is 3. The van der Waals surface area contributed by atoms with Crippen LogP contribution in [0.2, 0.25) is 0 Å². The molecule has 0 fully saturated rings. The first-order valence-corrected chi connectivity index (χ1v) is 5.73. The fourth-order valence-corrected chi connectivity index (χ4v) is 2.06. The Morgan fingerprint density at radius 3 is 2.41 bits per heavy atom. The minimum Gasteiger partial charge on any atom is -0.604 e. The molecule has 0 aromatic heterocycles. The second kappa shape index (κ2) is 4.97. The molecule has 1 aromatic rings. The zero-order valence-electron chi connectivity index (χ0n) is 9.09. The first-order chi connectivity index (χ1) is 7.71. The topological polar surface area (TPSA) is 52.2 Å². The molecule has 0 spiro atoms. The van der Waals surface area contributed by atoms with Crippen molar-refractivity contribution in [3.63, 3.8) is 0 Å². The van der Waals surface area contributed by atoms with Gasteiger partial charge in [-0.15, -0.1) is 13.2 Å². The predicted molar refractivity (Wildman–Crippen MR) is 57.9 cm³/mol. The highest BCUT2D eigenvalue weighted by atomic mass is 32.2. The van der Waals surface area contributed by atoms with Crippen LogP contribution in [0.1, 0.15) is 12.5 Å². The largest absolute Gasteiger partial charge is 0.604 e. The van der Waals surface area contributed by atoms with Crippen molar-refractivity contribution in [3.8, 4) is 0 Å². The van der Waals surface area contributed by atoms with Crippen molar-refractivity contribution in [2.24, 2.45) is 0 Å². The summed E-state index contributed by atoms with van der Waals surface area (Å²) in [6, 6.07) is 3.73. The third-order valence-electron chi connectivity index (χ3n) is 1.91. The molecule has 7 heteroatoms. The van der Waals surface area contributed by atoms with Gasteiger partial charge < -0.3 is 9.87 Å². The van der Waals surface area contributed by atoms with Crippen LogP contribution in [0, 0.1) is 6.92 Å². The molecule has 94 valence electrons. The normalized spacial score (nSPS) is 13.3. The maximum absolute atomic E-state index is 12.3. The summed E-state index contributed by atoms with van der Waals surface area (Å²) in [5, 5.41) is 2.43. The zero-order valence-corrected chi connectivity index (χ0v) is 9.91. The van der Waals surface area contributed by atoms with Gasteiger partial charge in [-0.1, -0.05) is 0 Å². The Labute approximate surface area is 99.2 Å². The second-order valence-corrected chi connectivity index (χ2v) is 4.82. The summed E-state index contributed by atoms with van der Waals surface area (Å²) in [6.07, 6.45) is 0. The highest BCUT2D eigenvalue weighted by molar-refractivity contribution is 7.92. The summed E-state index contributed by atoms with van der Waals surface area (Å²) in [4.78, 5) is 10.5. The first-order valence-electron chi connectivity index (χ1n) is 4.58. The molecule has 0 saturated heterocycles. The summed E-state index contributed by atoms with van der Waals surface area (Å²) in [6.45, 7) is 2.70. The Balaban J connectivity index is 3.01. The van der Waals surface area contributed by atoms with E-state index in [4.69, 9.17) is 0 Å². The van der Waals surface area contributed by atoms with Gasteiger partial charge in [0.1, 0.15) is 0 Å². The van der Waals surface area contributed by atoms with Gasteiger partial charge >= 0.3 is 5.51 Å². The van der Waals surface area contributed by atoms with Crippen molar-refractivity contribution in [3.05, 3.63) is 23.8 Å². The van der Waals surface area contributed by atoms with E-state index in [0.717, 1.165) is 6.07 Å². The third kappa shape index (κ3) is 3.64. The van der Waals surface area contributed by atoms with Crippen LogP contribution >= 0.6 is 0 Å². The molecule has 0 aliphatic carbocycles. The SMILES string of the molecule is CC(=O)Nc1ccc([S+]([O-])C(F)(F)F)c(C)c1. The number of halogens is 3. The molecule has 1 rings (SSSR count). The Hall–Kier alpha value is -1.21. The lowest BCUT2D eigenvalue weighted by Gasteiger charge is -2.14. The lowest BCUT2D eigenvalue weighted by molar-refractivity contribution is -0.114. The lowest BCUT2D eigenvalue weighted by atomic mass is 10.2. The molecular formula is C10H10F3NO2S. The molecule has 3 nitrogen and oxygen atoms in total. The van der Waals surface area contributed by atoms with Crippen LogP contribution in [0.15, 0.2) is 23.1 Å². The van der Waals surface area contributed by atoms with Gasteiger partial charge in [0.25, 0.3) is 0 Å². The van der Waals surface area contributed by atoms with Crippen LogP contribution in [-0.2, 0) is 16.0 Å². The average Bonchev–Trinajstić information content (AvgIpc) is 2.14. The van der Waals surface area contributed by atoms with Crippen molar-refractivity contribution in [2.45, 2.75) is 24.3 Å². The van der Waals surface area contributed by atoms with Crippen molar-refractivity contribution in [1.82, 2.24) is 0 Å². The Kier molecular flexibility index (Phi) is 4.05. The van der Waals surface area contributed by atoms with Gasteiger partial charge in [0.15, 0.2) is 4.90 Å². The third-order valence-corrected chi connectivity index (χ3v) is 3.18. The minimum absolute atomic E-state index is 0.215. The molecule has 1 N–H and O–H groups in total. The van der Waals surface area contributed by atoms with Crippen LogP contribution in [0.3, 0.4) is 0 Å². The monoisotopic (exact) mass is 265 g/mol. The quantitative estimate of drug-likeness (QED) is 0.835. The molecule has 17 heavy (non-hydrogen) atoms. The number of aryl methyl sites for hydroxylation is 1. The average molecular weight is 265 g/mol. The molecule has 1 unspecified atom stereocenters. The highest BCUT2D eigenvalue weighted by Crippen LogP contribution is 2.32. The smallest absolute Gasteiger partial charge is 0.578 e. The zero-order chi connectivity index (χ0) is 13.2. The molecule has 0 aliphatic rings. The van der Waals surface area contributed by atoms with E-state index in [1.807, 2.05) is 0 Å². The van der Waals surface area contributed by atoms with Gasteiger partial charge in [-0.2, -0.15) is 0 Å². The number of amides is 1. The Bertz CT molecular complexity index is 434.